The minimum atomic E-state index is -0.290. The molecule has 2 heteroatoms. The second kappa shape index (κ2) is 8.25. The van der Waals surface area contributed by atoms with E-state index in [0.29, 0.717) is 12.5 Å². The van der Waals surface area contributed by atoms with Crippen LogP contribution in [0.25, 0.3) is 0 Å². The lowest BCUT2D eigenvalue weighted by atomic mass is 9.95. The van der Waals surface area contributed by atoms with Crippen LogP contribution in [-0.4, -0.2) is 23.9 Å². The number of ether oxygens (including phenoxy) is 1. The quantitative estimate of drug-likeness (QED) is 0.655. The van der Waals surface area contributed by atoms with Gasteiger partial charge in [0.05, 0.1) is 12.2 Å². The molecular formula is C12H26O2. The zero-order chi connectivity index (χ0) is 11.0. The third kappa shape index (κ3) is 5.61. The summed E-state index contributed by atoms with van der Waals surface area (Å²) in [6.07, 6.45) is 3.89. The van der Waals surface area contributed by atoms with Crippen molar-refractivity contribution in [3.05, 3.63) is 0 Å². The van der Waals surface area contributed by atoms with Crippen LogP contribution in [0.15, 0.2) is 0 Å². The largest absolute Gasteiger partial charge is 0.390 e. The van der Waals surface area contributed by atoms with Crippen LogP contribution in [-0.2, 0) is 4.74 Å². The first-order valence-electron chi connectivity index (χ1n) is 5.95. The first-order valence-corrected chi connectivity index (χ1v) is 5.95. The van der Waals surface area contributed by atoms with Gasteiger partial charge in [-0.25, -0.2) is 0 Å². The van der Waals surface area contributed by atoms with Gasteiger partial charge in [0.15, 0.2) is 0 Å². The molecule has 0 aliphatic rings. The summed E-state index contributed by atoms with van der Waals surface area (Å²) in [5, 5.41) is 9.91. The Morgan fingerprint density at radius 2 is 1.86 bits per heavy atom. The standard InChI is InChI=1S/C12H26O2/c1-5-8-10(4)9-11(13)12(6-2)14-7-3/h10-13H,5-9H2,1-4H3. The average molecular weight is 202 g/mol. The van der Waals surface area contributed by atoms with Crippen LogP contribution in [0, 0.1) is 5.92 Å². The summed E-state index contributed by atoms with van der Waals surface area (Å²) in [6.45, 7) is 9.12. The molecule has 0 bridgehead atoms. The van der Waals surface area contributed by atoms with Gasteiger partial charge in [-0.2, -0.15) is 0 Å². The maximum absolute atomic E-state index is 9.91. The van der Waals surface area contributed by atoms with Gasteiger partial charge < -0.3 is 9.84 Å². The maximum atomic E-state index is 9.91. The summed E-state index contributed by atoms with van der Waals surface area (Å²) in [5.74, 6) is 0.601. The van der Waals surface area contributed by atoms with E-state index >= 15 is 0 Å². The minimum Gasteiger partial charge on any atom is -0.390 e. The zero-order valence-corrected chi connectivity index (χ0v) is 10.1. The number of hydrogen-bond donors (Lipinski definition) is 1. The molecule has 0 aliphatic carbocycles. The van der Waals surface area contributed by atoms with E-state index in [2.05, 4.69) is 20.8 Å². The van der Waals surface area contributed by atoms with Gasteiger partial charge in [0.25, 0.3) is 0 Å². The van der Waals surface area contributed by atoms with Gasteiger partial charge in [0, 0.05) is 6.61 Å². The highest BCUT2D eigenvalue weighted by Gasteiger charge is 2.19. The Labute approximate surface area is 88.7 Å². The predicted octanol–water partition coefficient (Wildman–Crippen LogP) is 2.99. The van der Waals surface area contributed by atoms with Gasteiger partial charge in [-0.1, -0.05) is 33.6 Å². The van der Waals surface area contributed by atoms with E-state index in [-0.39, 0.29) is 12.2 Å². The highest BCUT2D eigenvalue weighted by molar-refractivity contribution is 4.70. The Morgan fingerprint density at radius 3 is 2.29 bits per heavy atom. The molecule has 0 radical (unpaired) electrons. The topological polar surface area (TPSA) is 29.5 Å². The lowest BCUT2D eigenvalue weighted by molar-refractivity contribution is -0.0429. The first kappa shape index (κ1) is 13.9. The SMILES string of the molecule is CCCC(C)CC(O)C(CC)OCC. The summed E-state index contributed by atoms with van der Waals surface area (Å²) in [5.41, 5.74) is 0. The molecule has 0 saturated carbocycles. The Kier molecular flexibility index (Phi) is 8.20. The fourth-order valence-electron chi connectivity index (χ4n) is 1.89. The van der Waals surface area contributed by atoms with E-state index in [1.807, 2.05) is 6.92 Å². The van der Waals surface area contributed by atoms with E-state index in [0.717, 1.165) is 12.8 Å². The van der Waals surface area contributed by atoms with Gasteiger partial charge in [0.2, 0.25) is 0 Å². The third-order valence-corrected chi connectivity index (χ3v) is 2.64. The maximum Gasteiger partial charge on any atom is 0.0831 e. The molecule has 0 amide bonds. The molecule has 14 heavy (non-hydrogen) atoms. The van der Waals surface area contributed by atoms with E-state index in [9.17, 15) is 5.11 Å². The predicted molar refractivity (Wildman–Crippen MR) is 60.4 cm³/mol. The highest BCUT2D eigenvalue weighted by Crippen LogP contribution is 2.17. The van der Waals surface area contributed by atoms with Crippen molar-refractivity contribution in [3.8, 4) is 0 Å². The summed E-state index contributed by atoms with van der Waals surface area (Å²) >= 11 is 0. The molecule has 0 aromatic rings. The summed E-state index contributed by atoms with van der Waals surface area (Å²) in [4.78, 5) is 0. The van der Waals surface area contributed by atoms with Crippen LogP contribution in [0.3, 0.4) is 0 Å². The molecule has 0 fully saturated rings. The Morgan fingerprint density at radius 1 is 1.21 bits per heavy atom. The molecule has 0 aromatic heterocycles. The summed E-state index contributed by atoms with van der Waals surface area (Å²) in [7, 11) is 0. The monoisotopic (exact) mass is 202 g/mol. The highest BCUT2D eigenvalue weighted by atomic mass is 16.5. The van der Waals surface area contributed by atoms with E-state index < -0.39 is 0 Å². The zero-order valence-electron chi connectivity index (χ0n) is 10.1. The van der Waals surface area contributed by atoms with Crippen molar-refractivity contribution in [2.75, 3.05) is 6.61 Å². The molecule has 0 aromatic carbocycles. The molecule has 3 unspecified atom stereocenters. The van der Waals surface area contributed by atoms with Crippen molar-refractivity contribution in [2.24, 2.45) is 5.92 Å². The Hall–Kier alpha value is -0.0800. The van der Waals surface area contributed by atoms with Crippen molar-refractivity contribution in [1.29, 1.82) is 0 Å². The average Bonchev–Trinajstić information content (AvgIpc) is 2.14. The Balaban J connectivity index is 3.83. The summed E-state index contributed by atoms with van der Waals surface area (Å²) in [6, 6.07) is 0. The second-order valence-electron chi connectivity index (χ2n) is 4.10. The van der Waals surface area contributed by atoms with Gasteiger partial charge in [-0.3, -0.25) is 0 Å². The van der Waals surface area contributed by atoms with Crippen LogP contribution in [0.1, 0.15) is 53.4 Å². The number of hydrogen-bond acceptors (Lipinski definition) is 2. The van der Waals surface area contributed by atoms with Crippen LogP contribution in [0.2, 0.25) is 0 Å². The fraction of sp³-hybridized carbons (Fsp3) is 1.00. The molecular weight excluding hydrogens is 176 g/mol. The van der Waals surface area contributed by atoms with Crippen molar-refractivity contribution in [2.45, 2.75) is 65.6 Å². The number of aliphatic hydroxyl groups excluding tert-OH is 1. The fourth-order valence-corrected chi connectivity index (χ4v) is 1.89. The van der Waals surface area contributed by atoms with Gasteiger partial charge in [-0.05, 0) is 25.7 Å². The van der Waals surface area contributed by atoms with Crippen LogP contribution < -0.4 is 0 Å². The lowest BCUT2D eigenvalue weighted by Gasteiger charge is -2.24. The van der Waals surface area contributed by atoms with E-state index in [1.165, 1.54) is 12.8 Å². The van der Waals surface area contributed by atoms with Crippen molar-refractivity contribution >= 4 is 0 Å². The molecule has 0 saturated heterocycles. The van der Waals surface area contributed by atoms with Crippen molar-refractivity contribution in [1.82, 2.24) is 0 Å². The van der Waals surface area contributed by atoms with Gasteiger partial charge >= 0.3 is 0 Å². The molecule has 0 heterocycles. The first-order chi connectivity index (χ1) is 6.65. The molecule has 3 atom stereocenters. The number of aliphatic hydroxyl groups is 1. The summed E-state index contributed by atoms with van der Waals surface area (Å²) < 4.78 is 5.48. The van der Waals surface area contributed by atoms with Crippen LogP contribution >= 0.6 is 0 Å². The molecule has 0 aliphatic heterocycles. The van der Waals surface area contributed by atoms with Crippen LogP contribution in [0.4, 0.5) is 0 Å². The number of rotatable bonds is 8. The second-order valence-corrected chi connectivity index (χ2v) is 4.10. The van der Waals surface area contributed by atoms with Crippen molar-refractivity contribution in [3.63, 3.8) is 0 Å². The van der Waals surface area contributed by atoms with Gasteiger partial charge in [-0.15, -0.1) is 0 Å². The van der Waals surface area contributed by atoms with Crippen LogP contribution in [0.5, 0.6) is 0 Å². The lowest BCUT2D eigenvalue weighted by Crippen LogP contribution is -2.30. The normalized spacial score (nSPS) is 17.8. The van der Waals surface area contributed by atoms with Gasteiger partial charge in [0.1, 0.15) is 0 Å². The Bertz CT molecular complexity index is 125. The third-order valence-electron chi connectivity index (χ3n) is 2.64. The minimum absolute atomic E-state index is 0.0271. The van der Waals surface area contributed by atoms with E-state index in [4.69, 9.17) is 4.74 Å². The van der Waals surface area contributed by atoms with E-state index in [1.54, 1.807) is 0 Å². The molecule has 2 nitrogen and oxygen atoms in total. The molecule has 0 spiro atoms. The van der Waals surface area contributed by atoms with Crippen molar-refractivity contribution < 1.29 is 9.84 Å². The smallest absolute Gasteiger partial charge is 0.0831 e. The molecule has 1 N–H and O–H groups in total. The molecule has 0 rings (SSSR count). The molecule has 86 valence electrons.